The van der Waals surface area contributed by atoms with Crippen LogP contribution < -0.4 is 5.32 Å². The van der Waals surface area contributed by atoms with Gasteiger partial charge < -0.3 is 25.0 Å². The molecule has 0 radical (unpaired) electrons. The van der Waals surface area contributed by atoms with Gasteiger partial charge in [0.25, 0.3) is 0 Å². The van der Waals surface area contributed by atoms with Gasteiger partial charge in [0.15, 0.2) is 6.29 Å². The smallest absolute Gasteiger partial charge is 0.407 e. The van der Waals surface area contributed by atoms with E-state index in [4.69, 9.17) is 9.47 Å². The number of aliphatic hydroxyl groups excluding tert-OH is 2. The molecule has 1 rings (SSSR count). The van der Waals surface area contributed by atoms with Gasteiger partial charge in [-0.15, -0.1) is 0 Å². The Balaban J connectivity index is 2.52. The summed E-state index contributed by atoms with van der Waals surface area (Å²) in [5.41, 5.74) is -0.593. The average Bonchev–Trinajstić information content (AvgIpc) is 2.10. The molecule has 1 fully saturated rings. The van der Waals surface area contributed by atoms with Gasteiger partial charge in [-0.1, -0.05) is 0 Å². The number of carbonyl (C=O) groups excluding carboxylic acids is 1. The molecule has 0 aromatic heterocycles. The fraction of sp³-hybridized carbons (Fsp3) is 0.909. The maximum Gasteiger partial charge on any atom is 0.407 e. The Morgan fingerprint density at radius 2 is 2.00 bits per heavy atom. The Morgan fingerprint density at radius 3 is 2.53 bits per heavy atom. The fourth-order valence-electron chi connectivity index (χ4n) is 1.67. The van der Waals surface area contributed by atoms with Crippen molar-refractivity contribution in [2.24, 2.45) is 0 Å². The standard InChI is InChI=1S/C11H21NO5/c1-6-9(14)7(5-8(13)16-6)12-10(15)17-11(2,3)4/h6-9,13-14H,5H2,1-4H3,(H,12,15)/t6-,7-,8?,9-/m0/s1. The zero-order valence-corrected chi connectivity index (χ0v) is 10.6. The number of carbonyl (C=O) groups is 1. The van der Waals surface area contributed by atoms with E-state index in [0.29, 0.717) is 0 Å². The summed E-state index contributed by atoms with van der Waals surface area (Å²) in [5.74, 6) is 0. The van der Waals surface area contributed by atoms with E-state index in [0.717, 1.165) is 0 Å². The number of hydrogen-bond acceptors (Lipinski definition) is 5. The number of rotatable bonds is 1. The highest BCUT2D eigenvalue weighted by atomic mass is 16.6. The number of aliphatic hydroxyl groups is 2. The first-order valence-electron chi connectivity index (χ1n) is 5.70. The van der Waals surface area contributed by atoms with Gasteiger partial charge in [-0.3, -0.25) is 0 Å². The van der Waals surface area contributed by atoms with E-state index in [-0.39, 0.29) is 6.42 Å². The molecule has 0 spiro atoms. The molecule has 0 aromatic carbocycles. The summed E-state index contributed by atoms with van der Waals surface area (Å²) in [4.78, 5) is 11.5. The number of hydrogen-bond donors (Lipinski definition) is 3. The lowest BCUT2D eigenvalue weighted by molar-refractivity contribution is -0.201. The molecule has 1 aliphatic rings. The van der Waals surface area contributed by atoms with E-state index in [1.807, 2.05) is 0 Å². The van der Waals surface area contributed by atoms with E-state index in [9.17, 15) is 15.0 Å². The molecule has 1 aliphatic heterocycles. The third kappa shape index (κ3) is 4.49. The lowest BCUT2D eigenvalue weighted by Gasteiger charge is -2.36. The van der Waals surface area contributed by atoms with Crippen LogP contribution in [0.1, 0.15) is 34.1 Å². The average molecular weight is 247 g/mol. The lowest BCUT2D eigenvalue weighted by Crippen LogP contribution is -2.55. The van der Waals surface area contributed by atoms with Crippen LogP contribution in [0, 0.1) is 0 Å². The molecule has 100 valence electrons. The second-order valence-corrected chi connectivity index (χ2v) is 5.27. The number of amides is 1. The van der Waals surface area contributed by atoms with Crippen molar-refractivity contribution >= 4 is 6.09 Å². The van der Waals surface area contributed by atoms with Crippen LogP contribution in [0.2, 0.25) is 0 Å². The quantitative estimate of drug-likeness (QED) is 0.623. The highest BCUT2D eigenvalue weighted by molar-refractivity contribution is 5.68. The summed E-state index contributed by atoms with van der Waals surface area (Å²) in [5, 5.41) is 21.7. The predicted molar refractivity (Wildman–Crippen MR) is 60.3 cm³/mol. The van der Waals surface area contributed by atoms with Crippen molar-refractivity contribution in [3.8, 4) is 0 Å². The van der Waals surface area contributed by atoms with Crippen molar-refractivity contribution in [3.63, 3.8) is 0 Å². The summed E-state index contributed by atoms with van der Waals surface area (Å²) in [6.07, 6.45) is -2.83. The molecule has 6 heteroatoms. The van der Waals surface area contributed by atoms with Gasteiger partial charge in [0.1, 0.15) is 11.7 Å². The maximum absolute atomic E-state index is 11.5. The molecule has 0 bridgehead atoms. The predicted octanol–water partition coefficient (Wildman–Crippen LogP) is 0.368. The summed E-state index contributed by atoms with van der Waals surface area (Å²) < 4.78 is 10.1. The van der Waals surface area contributed by atoms with Gasteiger partial charge in [0, 0.05) is 6.42 Å². The molecule has 0 aliphatic carbocycles. The molecular formula is C11H21NO5. The highest BCUT2D eigenvalue weighted by Gasteiger charge is 2.36. The van der Waals surface area contributed by atoms with Crippen molar-refractivity contribution < 1.29 is 24.5 Å². The Bertz CT molecular complexity index is 276. The molecule has 4 atom stereocenters. The topological polar surface area (TPSA) is 88.0 Å². The second kappa shape index (κ2) is 5.20. The Morgan fingerprint density at radius 1 is 1.41 bits per heavy atom. The van der Waals surface area contributed by atoms with Gasteiger partial charge >= 0.3 is 6.09 Å². The van der Waals surface area contributed by atoms with Gasteiger partial charge in [0.05, 0.1) is 12.1 Å². The number of nitrogens with one attached hydrogen (secondary N) is 1. The number of alkyl carbamates (subject to hydrolysis) is 1. The van der Waals surface area contributed by atoms with Crippen LogP contribution in [0.3, 0.4) is 0 Å². The van der Waals surface area contributed by atoms with E-state index in [2.05, 4.69) is 5.32 Å². The summed E-state index contributed by atoms with van der Waals surface area (Å²) in [6.45, 7) is 6.90. The minimum absolute atomic E-state index is 0.144. The molecule has 0 saturated carbocycles. The molecule has 1 heterocycles. The molecule has 1 unspecified atom stereocenters. The van der Waals surface area contributed by atoms with Crippen molar-refractivity contribution in [2.45, 2.75) is 64.3 Å². The molecular weight excluding hydrogens is 226 g/mol. The van der Waals surface area contributed by atoms with Crippen molar-refractivity contribution in [2.75, 3.05) is 0 Å². The Kier molecular flexibility index (Phi) is 4.35. The normalized spacial score (nSPS) is 34.2. The van der Waals surface area contributed by atoms with Crippen LogP contribution in [-0.4, -0.2) is 46.4 Å². The molecule has 0 aromatic rings. The summed E-state index contributed by atoms with van der Waals surface area (Å²) in [6, 6.07) is -0.566. The van der Waals surface area contributed by atoms with Crippen LogP contribution in [-0.2, 0) is 9.47 Å². The monoisotopic (exact) mass is 247 g/mol. The van der Waals surface area contributed by atoms with Gasteiger partial charge in [-0.05, 0) is 27.7 Å². The maximum atomic E-state index is 11.5. The zero-order valence-electron chi connectivity index (χ0n) is 10.6. The minimum atomic E-state index is -0.978. The van der Waals surface area contributed by atoms with Crippen LogP contribution in [0.25, 0.3) is 0 Å². The Hall–Kier alpha value is -0.850. The van der Waals surface area contributed by atoms with Gasteiger partial charge in [-0.2, -0.15) is 0 Å². The Labute approximate surface area is 101 Å². The second-order valence-electron chi connectivity index (χ2n) is 5.27. The van der Waals surface area contributed by atoms with E-state index >= 15 is 0 Å². The third-order valence-electron chi connectivity index (χ3n) is 2.42. The van der Waals surface area contributed by atoms with Crippen molar-refractivity contribution in [3.05, 3.63) is 0 Å². The zero-order chi connectivity index (χ0) is 13.2. The first-order chi connectivity index (χ1) is 7.69. The summed E-state index contributed by atoms with van der Waals surface area (Å²) >= 11 is 0. The summed E-state index contributed by atoms with van der Waals surface area (Å²) in [7, 11) is 0. The fourth-order valence-corrected chi connectivity index (χ4v) is 1.67. The van der Waals surface area contributed by atoms with Crippen LogP contribution >= 0.6 is 0 Å². The van der Waals surface area contributed by atoms with Crippen LogP contribution in [0.15, 0.2) is 0 Å². The number of ether oxygens (including phenoxy) is 2. The third-order valence-corrected chi connectivity index (χ3v) is 2.42. The van der Waals surface area contributed by atoms with E-state index in [1.54, 1.807) is 27.7 Å². The molecule has 6 nitrogen and oxygen atoms in total. The molecule has 17 heavy (non-hydrogen) atoms. The minimum Gasteiger partial charge on any atom is -0.444 e. The molecule has 3 N–H and O–H groups in total. The molecule has 1 saturated heterocycles. The highest BCUT2D eigenvalue weighted by Crippen LogP contribution is 2.19. The SMILES string of the molecule is C[C@@H]1OC(O)C[C@H](NC(=O)OC(C)(C)C)[C@H]1O. The molecule has 1 amide bonds. The van der Waals surface area contributed by atoms with Gasteiger partial charge in [-0.25, -0.2) is 4.79 Å². The first-order valence-corrected chi connectivity index (χ1v) is 5.70. The van der Waals surface area contributed by atoms with Crippen LogP contribution in [0.4, 0.5) is 4.79 Å². The van der Waals surface area contributed by atoms with Crippen molar-refractivity contribution in [1.82, 2.24) is 5.32 Å². The van der Waals surface area contributed by atoms with Gasteiger partial charge in [0.2, 0.25) is 0 Å². The first kappa shape index (κ1) is 14.2. The largest absolute Gasteiger partial charge is 0.444 e. The van der Waals surface area contributed by atoms with E-state index < -0.39 is 36.2 Å². The van der Waals surface area contributed by atoms with Crippen LogP contribution in [0.5, 0.6) is 0 Å². The van der Waals surface area contributed by atoms with Crippen molar-refractivity contribution in [1.29, 1.82) is 0 Å². The van der Waals surface area contributed by atoms with E-state index in [1.165, 1.54) is 0 Å². The lowest BCUT2D eigenvalue weighted by atomic mass is 10.00.